The molecule has 334 valence electrons. The molecule has 0 saturated heterocycles. The average Bonchev–Trinajstić information content (AvgIpc) is 3.26. The van der Waals surface area contributed by atoms with E-state index in [1.807, 2.05) is 48.3 Å². The molecule has 1 unspecified atom stereocenters. The lowest BCUT2D eigenvalue weighted by Gasteiger charge is -2.30. The van der Waals surface area contributed by atoms with Crippen LogP contribution < -0.4 is 12.9 Å². The van der Waals surface area contributed by atoms with Crippen LogP contribution >= 0.6 is 21.1 Å². The predicted molar refractivity (Wildman–Crippen MR) is 242 cm³/mol. The number of fused-ring (bicyclic) bond motifs is 2. The molecule has 0 fully saturated rings. The second-order valence-electron chi connectivity index (χ2n) is 15.7. The van der Waals surface area contributed by atoms with Crippen LogP contribution in [0, 0.1) is 5.41 Å². The summed E-state index contributed by atoms with van der Waals surface area (Å²) in [5.41, 5.74) is 3.38. The van der Waals surface area contributed by atoms with Crippen molar-refractivity contribution in [1.82, 2.24) is 0 Å². The van der Waals surface area contributed by atoms with Crippen LogP contribution in [0.4, 0.5) is 11.4 Å². The maximum Gasteiger partial charge on any atom is 0.303 e. The lowest BCUT2D eigenvalue weighted by Crippen LogP contribution is -2.31. The number of carboxylic acids is 1. The molecule has 0 bridgehead atoms. The summed E-state index contributed by atoms with van der Waals surface area (Å²) in [5.74, 6) is -0.754. The van der Waals surface area contributed by atoms with Crippen molar-refractivity contribution in [3.8, 4) is 5.75 Å². The largest absolute Gasteiger partial charge is 0.481 e. The Labute approximate surface area is 365 Å². The molecule has 0 spiro atoms. The average molecular weight is 991 g/mol. The topological polar surface area (TPSA) is 199 Å². The Hall–Kier alpha value is -3.21. The molecule has 3 N–H and O–H groups in total. The maximum absolute atomic E-state index is 12.3. The van der Waals surface area contributed by atoms with E-state index in [9.17, 15) is 35.8 Å². The van der Waals surface area contributed by atoms with Crippen LogP contribution in [0.25, 0.3) is 5.57 Å². The van der Waals surface area contributed by atoms with Gasteiger partial charge in [0.25, 0.3) is 20.2 Å². The van der Waals surface area contributed by atoms with Gasteiger partial charge < -0.3 is 36.9 Å². The minimum absolute atomic E-state index is 0.0476. The van der Waals surface area contributed by atoms with E-state index < -0.39 is 58.5 Å². The molecule has 0 radical (unpaired) electrons. The Morgan fingerprint density at radius 2 is 1.60 bits per heavy atom. The number of carboxylic acid groups (broad SMARTS) is 1. The third-order valence-electron chi connectivity index (χ3n) is 10.1. The fraction of sp³-hybridized carbons (Fsp3) is 0.524. The van der Waals surface area contributed by atoms with Gasteiger partial charge in [-0.2, -0.15) is 16.8 Å². The van der Waals surface area contributed by atoms with E-state index in [1.165, 1.54) is 12.1 Å². The molecule has 0 saturated carbocycles. The van der Waals surface area contributed by atoms with Gasteiger partial charge in [0, 0.05) is 77.9 Å². The number of aliphatic carboxylic acids is 1. The molecule has 60 heavy (non-hydrogen) atoms. The summed E-state index contributed by atoms with van der Waals surface area (Å²) < 4.78 is 97.2. The standard InChI is InChI=1S/C42H59IN2O13S2/c1-41(2,3)38-28-31(34-15-13-32(29-37(34)58-43-38)44(19-21-56-25-23-54-5)20-22-57-26-24-55-6)10-7-11-39-42(4,17-8-12-40(46)47)35-30-33(60(51,52)53)14-16-36(35)45(39)18-9-27-59(48,49)50/h7,10-11,13-16,28-30H,8-9,12,17-27H2,1-6H3,(H,46,47)(H,48,49,50)(H,51,52,53)/b10-7+,39-11-. The Balaban J connectivity index is 1.79. The molecule has 18 heteroatoms. The summed E-state index contributed by atoms with van der Waals surface area (Å²) in [4.78, 5) is 15.4. The molecule has 4 rings (SSSR count). The van der Waals surface area contributed by atoms with Crippen LogP contribution in [0.1, 0.15) is 64.5 Å². The van der Waals surface area contributed by atoms with E-state index in [2.05, 4.69) is 31.7 Å². The van der Waals surface area contributed by atoms with E-state index in [0.29, 0.717) is 76.1 Å². The summed E-state index contributed by atoms with van der Waals surface area (Å²) in [7, 11) is -5.60. The number of ether oxygens (including phenoxy) is 4. The van der Waals surface area contributed by atoms with Gasteiger partial charge in [0.2, 0.25) is 0 Å². The molecular weight excluding hydrogens is 932 g/mol. The number of rotatable bonds is 24. The predicted octanol–water partition coefficient (Wildman–Crippen LogP) is 6.70. The van der Waals surface area contributed by atoms with Crippen molar-refractivity contribution in [3.05, 3.63) is 77.5 Å². The van der Waals surface area contributed by atoms with Crippen molar-refractivity contribution in [2.45, 2.75) is 63.7 Å². The van der Waals surface area contributed by atoms with Gasteiger partial charge in [0.05, 0.1) is 50.3 Å². The third kappa shape index (κ3) is 14.2. The highest BCUT2D eigenvalue weighted by molar-refractivity contribution is 14.2. The number of hydrogen-bond acceptors (Lipinski definition) is 12. The molecule has 0 amide bonds. The second kappa shape index (κ2) is 22.2. The Morgan fingerprint density at radius 3 is 2.18 bits per heavy atom. The van der Waals surface area contributed by atoms with Crippen LogP contribution in [0.3, 0.4) is 0 Å². The van der Waals surface area contributed by atoms with Crippen molar-refractivity contribution in [3.63, 3.8) is 0 Å². The van der Waals surface area contributed by atoms with Gasteiger partial charge in [0.15, 0.2) is 0 Å². The molecule has 15 nitrogen and oxygen atoms in total. The normalized spacial score (nSPS) is 17.7. The van der Waals surface area contributed by atoms with Crippen molar-refractivity contribution in [2.75, 3.05) is 89.0 Å². The summed E-state index contributed by atoms with van der Waals surface area (Å²) in [5, 5.41) is 9.51. The van der Waals surface area contributed by atoms with Crippen molar-refractivity contribution >= 4 is 67.8 Å². The number of hydrogen-bond donors (Lipinski definition) is 3. The fourth-order valence-electron chi connectivity index (χ4n) is 6.95. The summed E-state index contributed by atoms with van der Waals surface area (Å²) >= 11 is -0.878. The molecule has 2 aliphatic rings. The Bertz CT molecular complexity index is 2130. The molecule has 0 aliphatic carbocycles. The van der Waals surface area contributed by atoms with E-state index in [1.54, 1.807) is 20.3 Å². The first-order valence-electron chi connectivity index (χ1n) is 19.7. The molecule has 2 aliphatic heterocycles. The van der Waals surface area contributed by atoms with Gasteiger partial charge in [-0.3, -0.25) is 13.9 Å². The lowest BCUT2D eigenvalue weighted by atomic mass is 9.77. The quantitative estimate of drug-likeness (QED) is 0.0570. The van der Waals surface area contributed by atoms with E-state index >= 15 is 0 Å². The fourth-order valence-corrected chi connectivity index (χ4v) is 9.91. The zero-order chi connectivity index (χ0) is 44.1. The van der Waals surface area contributed by atoms with Crippen molar-refractivity contribution in [2.24, 2.45) is 5.41 Å². The first kappa shape index (κ1) is 49.4. The number of methoxy groups -OCH3 is 2. The van der Waals surface area contributed by atoms with Gasteiger partial charge in [0.1, 0.15) is 26.9 Å². The minimum Gasteiger partial charge on any atom is -0.481 e. The van der Waals surface area contributed by atoms with Gasteiger partial charge in [-0.25, -0.2) is 0 Å². The van der Waals surface area contributed by atoms with E-state index in [4.69, 9.17) is 22.0 Å². The SMILES string of the molecule is COCCOCCN(CCOCCOC)c1ccc2c(c1)OI=C(C(C)(C)C)C=C2/C=C/C=C1\N(CCCS(=O)(=O)O)c2ccc(S(=O)(=O)O)cc2C1(C)CCCC(=O)O. The first-order valence-corrected chi connectivity index (χ1v) is 24.7. The summed E-state index contributed by atoms with van der Waals surface area (Å²) in [6, 6.07) is 10.3. The minimum atomic E-state index is -4.59. The van der Waals surface area contributed by atoms with E-state index in [-0.39, 0.29) is 36.1 Å². The van der Waals surface area contributed by atoms with Gasteiger partial charge in [-0.15, -0.1) is 0 Å². The van der Waals surface area contributed by atoms with Crippen LogP contribution in [0.15, 0.2) is 71.3 Å². The summed E-state index contributed by atoms with van der Waals surface area (Å²) in [6.07, 6.45) is 8.36. The highest BCUT2D eigenvalue weighted by Gasteiger charge is 2.43. The third-order valence-corrected chi connectivity index (χ3v) is 14.9. The van der Waals surface area contributed by atoms with Crippen LogP contribution in [-0.2, 0) is 49.4 Å². The van der Waals surface area contributed by atoms with Crippen molar-refractivity contribution < 1.29 is 57.9 Å². The zero-order valence-corrected chi connectivity index (χ0v) is 39.0. The Morgan fingerprint density at radius 1 is 0.933 bits per heavy atom. The molecular formula is C42H59IN2O13S2. The molecule has 2 aromatic carbocycles. The van der Waals surface area contributed by atoms with E-state index in [0.717, 1.165) is 26.1 Å². The monoisotopic (exact) mass is 990 g/mol. The van der Waals surface area contributed by atoms with Crippen molar-refractivity contribution in [1.29, 1.82) is 0 Å². The summed E-state index contributed by atoms with van der Waals surface area (Å²) in [6.45, 7) is 12.6. The number of benzene rings is 2. The highest BCUT2D eigenvalue weighted by Crippen LogP contribution is 2.51. The molecule has 0 aromatic heterocycles. The highest BCUT2D eigenvalue weighted by atomic mass is 127. The maximum atomic E-state index is 12.3. The first-order chi connectivity index (χ1) is 28.3. The smallest absolute Gasteiger partial charge is 0.303 e. The lowest BCUT2D eigenvalue weighted by molar-refractivity contribution is -0.137. The number of carbonyl (C=O) groups is 1. The number of halogens is 1. The Kier molecular flexibility index (Phi) is 18.3. The van der Waals surface area contributed by atoms with Gasteiger partial charge in [-0.05, 0) is 85.2 Å². The number of anilines is 2. The van der Waals surface area contributed by atoms with Crippen LogP contribution in [0.2, 0.25) is 0 Å². The van der Waals surface area contributed by atoms with Gasteiger partial charge >= 0.3 is 5.97 Å². The molecule has 2 aromatic rings. The molecule has 2 heterocycles. The van der Waals surface area contributed by atoms with Gasteiger partial charge in [-0.1, -0.05) is 32.9 Å². The number of nitrogens with zero attached hydrogens (tertiary/aromatic N) is 2. The van der Waals surface area contributed by atoms with Crippen LogP contribution in [-0.4, -0.2) is 120 Å². The van der Waals surface area contributed by atoms with Crippen LogP contribution in [0.5, 0.6) is 5.75 Å². The number of allylic oxidation sites excluding steroid dienone is 6. The molecule has 1 atom stereocenters. The second-order valence-corrected chi connectivity index (χ2v) is 20.7. The zero-order valence-electron chi connectivity index (χ0n) is 35.2.